The maximum absolute atomic E-state index is 13.6. The lowest BCUT2D eigenvalue weighted by atomic mass is 9.94. The quantitative estimate of drug-likeness (QED) is 0.362. The predicted octanol–water partition coefficient (Wildman–Crippen LogP) is 3.96. The fourth-order valence-corrected chi connectivity index (χ4v) is 5.54. The van der Waals surface area contributed by atoms with E-state index in [1.807, 2.05) is 30.3 Å². The molecule has 2 saturated heterocycles. The van der Waals surface area contributed by atoms with E-state index < -0.39 is 6.04 Å². The van der Waals surface area contributed by atoms with Crippen molar-refractivity contribution in [3.05, 3.63) is 95.8 Å². The van der Waals surface area contributed by atoms with Crippen LogP contribution in [-0.4, -0.2) is 78.1 Å². The molecule has 5 rings (SSSR count). The molecule has 208 valence electrons. The molecule has 0 saturated carbocycles. The highest BCUT2D eigenvalue weighted by Gasteiger charge is 2.39. The molecule has 2 aliphatic rings. The number of amides is 2. The topological polar surface area (TPSA) is 70.2 Å². The molecule has 0 aromatic heterocycles. The number of carbonyl (C=O) groups is 3. The van der Waals surface area contributed by atoms with Gasteiger partial charge in [-0.1, -0.05) is 42.5 Å². The number of likely N-dealkylation sites (tertiary alicyclic amines) is 1. The van der Waals surface area contributed by atoms with Crippen molar-refractivity contribution in [2.24, 2.45) is 5.92 Å². The van der Waals surface area contributed by atoms with Crippen LogP contribution < -0.4 is 4.74 Å². The van der Waals surface area contributed by atoms with Crippen molar-refractivity contribution in [2.75, 3.05) is 39.3 Å². The highest BCUT2D eigenvalue weighted by Crippen LogP contribution is 2.29. The summed E-state index contributed by atoms with van der Waals surface area (Å²) in [5.74, 6) is 1.00. The van der Waals surface area contributed by atoms with Gasteiger partial charge in [0, 0.05) is 39.1 Å². The monoisotopic (exact) mass is 543 g/mol. The molecular weight excluding hydrogens is 509 g/mol. The van der Waals surface area contributed by atoms with Crippen molar-refractivity contribution >= 4 is 18.1 Å². The van der Waals surface area contributed by atoms with Gasteiger partial charge in [-0.05, 0) is 66.3 Å². The first-order chi connectivity index (χ1) is 19.5. The Balaban J connectivity index is 1.24. The fourth-order valence-electron chi connectivity index (χ4n) is 5.54. The summed E-state index contributed by atoms with van der Waals surface area (Å²) in [7, 11) is 0. The van der Waals surface area contributed by atoms with Crippen LogP contribution in [0.3, 0.4) is 0 Å². The van der Waals surface area contributed by atoms with Crippen molar-refractivity contribution < 1.29 is 23.5 Å². The smallest absolute Gasteiger partial charge is 0.237 e. The van der Waals surface area contributed by atoms with Crippen LogP contribution >= 0.6 is 0 Å². The Kier molecular flexibility index (Phi) is 8.86. The Bertz CT molecular complexity index is 1290. The lowest BCUT2D eigenvalue weighted by Crippen LogP contribution is -2.51. The van der Waals surface area contributed by atoms with E-state index in [1.54, 1.807) is 34.1 Å². The predicted molar refractivity (Wildman–Crippen MR) is 149 cm³/mol. The van der Waals surface area contributed by atoms with Gasteiger partial charge in [-0.25, -0.2) is 4.39 Å². The van der Waals surface area contributed by atoms with Crippen molar-refractivity contribution in [2.45, 2.75) is 25.3 Å². The Morgan fingerprint density at radius 2 is 1.50 bits per heavy atom. The van der Waals surface area contributed by atoms with E-state index in [9.17, 15) is 18.8 Å². The zero-order chi connectivity index (χ0) is 27.9. The molecule has 0 aliphatic carbocycles. The number of rotatable bonds is 10. The van der Waals surface area contributed by atoms with Crippen LogP contribution in [0.2, 0.25) is 0 Å². The van der Waals surface area contributed by atoms with Crippen LogP contribution in [0.1, 0.15) is 17.5 Å². The molecule has 2 aliphatic heterocycles. The Labute approximate surface area is 234 Å². The molecule has 2 fully saturated rings. The van der Waals surface area contributed by atoms with Crippen LogP contribution in [0.5, 0.6) is 11.5 Å². The van der Waals surface area contributed by atoms with Gasteiger partial charge in [0.25, 0.3) is 0 Å². The molecule has 0 spiro atoms. The molecule has 7 nitrogen and oxygen atoms in total. The van der Waals surface area contributed by atoms with Gasteiger partial charge in [-0.2, -0.15) is 0 Å². The lowest BCUT2D eigenvalue weighted by molar-refractivity contribution is -0.138. The van der Waals surface area contributed by atoms with Gasteiger partial charge in [-0.3, -0.25) is 19.3 Å². The summed E-state index contributed by atoms with van der Waals surface area (Å²) in [6.07, 6.45) is 2.54. The summed E-state index contributed by atoms with van der Waals surface area (Å²) < 4.78 is 18.9. The second kappa shape index (κ2) is 12.9. The van der Waals surface area contributed by atoms with Crippen molar-refractivity contribution in [3.63, 3.8) is 0 Å². The van der Waals surface area contributed by atoms with E-state index in [1.165, 1.54) is 17.7 Å². The first kappa shape index (κ1) is 27.5. The number of piperazine rings is 1. The first-order valence-corrected chi connectivity index (χ1v) is 13.8. The van der Waals surface area contributed by atoms with Crippen molar-refractivity contribution in [1.29, 1.82) is 0 Å². The Morgan fingerprint density at radius 1 is 0.850 bits per heavy atom. The third-order valence-electron chi connectivity index (χ3n) is 7.71. The Hall–Kier alpha value is -4.04. The van der Waals surface area contributed by atoms with E-state index in [-0.39, 0.29) is 36.4 Å². The molecule has 2 heterocycles. The van der Waals surface area contributed by atoms with Crippen molar-refractivity contribution in [1.82, 2.24) is 14.7 Å². The van der Waals surface area contributed by atoms with E-state index in [2.05, 4.69) is 17.0 Å². The number of halogens is 1. The molecule has 0 radical (unpaired) electrons. The maximum Gasteiger partial charge on any atom is 0.237 e. The largest absolute Gasteiger partial charge is 0.457 e. The van der Waals surface area contributed by atoms with Crippen LogP contribution in [0.25, 0.3) is 0 Å². The molecular formula is C32H34FN3O4. The number of Topliss-reactive ketones (excluding diaryl/α,β-unsaturated/α-hetero) is 1. The summed E-state index contributed by atoms with van der Waals surface area (Å²) >= 11 is 0. The molecule has 40 heavy (non-hydrogen) atoms. The second-order valence-corrected chi connectivity index (χ2v) is 10.6. The minimum Gasteiger partial charge on any atom is -0.457 e. The summed E-state index contributed by atoms with van der Waals surface area (Å²) in [6.45, 7) is 3.33. The number of nitrogens with zero attached hydrogens (tertiary/aromatic N) is 3. The zero-order valence-electron chi connectivity index (χ0n) is 22.5. The highest BCUT2D eigenvalue weighted by molar-refractivity contribution is 5.91. The average molecular weight is 544 g/mol. The summed E-state index contributed by atoms with van der Waals surface area (Å²) in [5, 5.41) is 0. The molecule has 2 amide bonds. The molecule has 8 heteroatoms. The van der Waals surface area contributed by atoms with Crippen LogP contribution in [0.4, 0.5) is 4.39 Å². The van der Waals surface area contributed by atoms with E-state index in [4.69, 9.17) is 4.74 Å². The van der Waals surface area contributed by atoms with Gasteiger partial charge in [0.1, 0.15) is 17.3 Å². The summed E-state index contributed by atoms with van der Waals surface area (Å²) in [4.78, 5) is 43.7. The van der Waals surface area contributed by atoms with Gasteiger partial charge in [0.05, 0.1) is 12.6 Å². The first-order valence-electron chi connectivity index (χ1n) is 13.8. The molecule has 0 bridgehead atoms. The van der Waals surface area contributed by atoms with Gasteiger partial charge in [-0.15, -0.1) is 0 Å². The summed E-state index contributed by atoms with van der Waals surface area (Å²) in [6, 6.07) is 22.8. The number of benzene rings is 3. The van der Waals surface area contributed by atoms with Gasteiger partial charge < -0.3 is 14.5 Å². The SMILES string of the molecule is O=CN1CCN(CC(=O)N2C[C@H](Cc3ccccc3)C[C@H]2C(=O)Cc2ccc(Oc3ccc(F)cc3)cc2)CC1. The molecule has 2 atom stereocenters. The standard InChI is InChI=1S/C32H34FN3O4/c33-27-8-12-29(13-9-27)40-28-10-6-25(7-11-28)20-31(38)30-19-26(18-24-4-2-1-3-5-24)21-36(30)32(39)22-34-14-16-35(23-37)17-15-34/h1-13,23,26,30H,14-22H2/t26-,30+/m1/s1. The second-order valence-electron chi connectivity index (χ2n) is 10.6. The molecule has 0 N–H and O–H groups in total. The van der Waals surface area contributed by atoms with E-state index >= 15 is 0 Å². The number of ether oxygens (including phenoxy) is 1. The van der Waals surface area contributed by atoms with Gasteiger partial charge in [0.15, 0.2) is 5.78 Å². The van der Waals surface area contributed by atoms with Crippen LogP contribution in [0, 0.1) is 11.7 Å². The Morgan fingerprint density at radius 3 is 2.15 bits per heavy atom. The zero-order valence-corrected chi connectivity index (χ0v) is 22.5. The maximum atomic E-state index is 13.6. The number of ketones is 1. The normalized spacial score (nSPS) is 19.4. The molecule has 0 unspecified atom stereocenters. The third-order valence-corrected chi connectivity index (χ3v) is 7.71. The third kappa shape index (κ3) is 7.12. The number of hydrogen-bond acceptors (Lipinski definition) is 5. The van der Waals surface area contributed by atoms with Crippen molar-refractivity contribution in [3.8, 4) is 11.5 Å². The minimum absolute atomic E-state index is 0.0295. The van der Waals surface area contributed by atoms with Gasteiger partial charge >= 0.3 is 0 Å². The highest BCUT2D eigenvalue weighted by atomic mass is 19.1. The van der Waals surface area contributed by atoms with Crippen LogP contribution in [-0.2, 0) is 27.2 Å². The number of carbonyl (C=O) groups excluding carboxylic acids is 3. The fraction of sp³-hybridized carbons (Fsp3) is 0.344. The molecule has 3 aromatic carbocycles. The minimum atomic E-state index is -0.465. The number of hydrogen-bond donors (Lipinski definition) is 0. The summed E-state index contributed by atoms with van der Waals surface area (Å²) in [5.41, 5.74) is 2.05. The average Bonchev–Trinajstić information content (AvgIpc) is 3.40. The van der Waals surface area contributed by atoms with E-state index in [0.717, 1.165) is 18.4 Å². The lowest BCUT2D eigenvalue weighted by Gasteiger charge is -2.33. The van der Waals surface area contributed by atoms with Gasteiger partial charge in [0.2, 0.25) is 12.3 Å². The molecule has 3 aromatic rings. The van der Waals surface area contributed by atoms with Crippen LogP contribution in [0.15, 0.2) is 78.9 Å². The van der Waals surface area contributed by atoms with E-state index in [0.29, 0.717) is 50.6 Å².